The van der Waals surface area contributed by atoms with Gasteiger partial charge in [0.25, 0.3) is 0 Å². The summed E-state index contributed by atoms with van der Waals surface area (Å²) in [4.78, 5) is 0. The lowest BCUT2D eigenvalue weighted by molar-refractivity contribution is 0.482. The molecule has 0 amide bonds. The Kier molecular flexibility index (Phi) is 4.37. The number of aryl methyl sites for hydroxylation is 1. The van der Waals surface area contributed by atoms with E-state index >= 15 is 0 Å². The summed E-state index contributed by atoms with van der Waals surface area (Å²) in [6, 6.07) is 16.3. The molecule has 0 aromatic heterocycles. The Labute approximate surface area is 109 Å². The molecule has 0 saturated heterocycles. The predicted molar refractivity (Wildman–Crippen MR) is 75.3 cm³/mol. The molecule has 2 rings (SSSR count). The molecule has 0 aliphatic carbocycles. The van der Waals surface area contributed by atoms with Gasteiger partial charge in [0.05, 0.1) is 0 Å². The zero-order valence-electron chi connectivity index (χ0n) is 10.9. The van der Waals surface area contributed by atoms with Crippen LogP contribution in [0.25, 0.3) is 0 Å². The van der Waals surface area contributed by atoms with Crippen LogP contribution in [0.2, 0.25) is 0 Å². The minimum atomic E-state index is 0.883. The van der Waals surface area contributed by atoms with E-state index in [1.165, 1.54) is 11.1 Å². The third-order valence-corrected chi connectivity index (χ3v) is 2.81. The molecule has 2 aromatic carbocycles. The van der Waals surface area contributed by atoms with Crippen molar-refractivity contribution in [1.82, 2.24) is 5.32 Å². The number of ether oxygens (including phenoxy) is 1. The molecule has 0 aliphatic rings. The highest BCUT2D eigenvalue weighted by atomic mass is 16.5. The van der Waals surface area contributed by atoms with E-state index in [1.807, 2.05) is 37.4 Å². The van der Waals surface area contributed by atoms with Crippen LogP contribution in [0, 0.1) is 6.92 Å². The van der Waals surface area contributed by atoms with Crippen LogP contribution in [-0.4, -0.2) is 13.6 Å². The molecule has 0 saturated carbocycles. The number of nitrogens with one attached hydrogen (secondary N) is 1. The van der Waals surface area contributed by atoms with Gasteiger partial charge in [-0.3, -0.25) is 0 Å². The number of rotatable bonds is 5. The molecule has 1 N–H and O–H groups in total. The van der Waals surface area contributed by atoms with Gasteiger partial charge in [0.15, 0.2) is 0 Å². The zero-order chi connectivity index (χ0) is 12.8. The molecule has 0 unspecified atom stereocenters. The Morgan fingerprint density at radius 2 is 1.78 bits per heavy atom. The Balaban J connectivity index is 2.02. The van der Waals surface area contributed by atoms with Crippen LogP contribution < -0.4 is 10.1 Å². The van der Waals surface area contributed by atoms with E-state index in [1.54, 1.807) is 0 Å². The summed E-state index contributed by atoms with van der Waals surface area (Å²) in [6.07, 6.45) is 1.04. The number of hydrogen-bond donors (Lipinski definition) is 1. The molecule has 0 radical (unpaired) electrons. The summed E-state index contributed by atoms with van der Waals surface area (Å²) < 4.78 is 5.80. The minimum absolute atomic E-state index is 0.883. The van der Waals surface area contributed by atoms with E-state index in [9.17, 15) is 0 Å². The predicted octanol–water partition coefficient (Wildman–Crippen LogP) is 3.55. The van der Waals surface area contributed by atoms with Crippen LogP contribution in [0.3, 0.4) is 0 Å². The second kappa shape index (κ2) is 6.22. The first kappa shape index (κ1) is 12.7. The standard InChI is InChI=1S/C16H19NO/c1-13-4-3-5-16(12-13)18-15-8-6-14(7-9-15)10-11-17-2/h3-9,12,17H,10-11H2,1-2H3. The van der Waals surface area contributed by atoms with Gasteiger partial charge in [-0.2, -0.15) is 0 Å². The lowest BCUT2D eigenvalue weighted by Gasteiger charge is -2.07. The monoisotopic (exact) mass is 241 g/mol. The van der Waals surface area contributed by atoms with Gasteiger partial charge in [-0.15, -0.1) is 0 Å². The molecular weight excluding hydrogens is 222 g/mol. The van der Waals surface area contributed by atoms with Crippen LogP contribution >= 0.6 is 0 Å². The highest BCUT2D eigenvalue weighted by molar-refractivity contribution is 5.34. The smallest absolute Gasteiger partial charge is 0.127 e. The van der Waals surface area contributed by atoms with Crippen molar-refractivity contribution in [1.29, 1.82) is 0 Å². The molecule has 2 heteroatoms. The molecule has 0 bridgehead atoms. The fourth-order valence-electron chi connectivity index (χ4n) is 1.81. The Hall–Kier alpha value is -1.80. The van der Waals surface area contributed by atoms with E-state index in [2.05, 4.69) is 30.4 Å². The fourth-order valence-corrected chi connectivity index (χ4v) is 1.81. The normalized spacial score (nSPS) is 10.3. The summed E-state index contributed by atoms with van der Waals surface area (Å²) >= 11 is 0. The first-order valence-electron chi connectivity index (χ1n) is 6.26. The van der Waals surface area contributed by atoms with E-state index in [0.717, 1.165) is 24.5 Å². The quantitative estimate of drug-likeness (QED) is 0.864. The maximum atomic E-state index is 5.80. The van der Waals surface area contributed by atoms with Gasteiger partial charge in [-0.1, -0.05) is 24.3 Å². The van der Waals surface area contributed by atoms with Crippen molar-refractivity contribution in [2.45, 2.75) is 13.3 Å². The Morgan fingerprint density at radius 3 is 2.44 bits per heavy atom. The second-order valence-corrected chi connectivity index (χ2v) is 4.42. The third kappa shape index (κ3) is 3.60. The average Bonchev–Trinajstić information content (AvgIpc) is 2.38. The molecule has 0 aliphatic heterocycles. The van der Waals surface area contributed by atoms with E-state index in [-0.39, 0.29) is 0 Å². The average molecular weight is 241 g/mol. The lowest BCUT2D eigenvalue weighted by atomic mass is 10.1. The topological polar surface area (TPSA) is 21.3 Å². The van der Waals surface area contributed by atoms with Gasteiger partial charge in [0.2, 0.25) is 0 Å². The van der Waals surface area contributed by atoms with Crippen molar-refractivity contribution in [2.75, 3.05) is 13.6 Å². The third-order valence-electron chi connectivity index (χ3n) is 2.81. The highest BCUT2D eigenvalue weighted by Crippen LogP contribution is 2.22. The Bertz CT molecular complexity index is 491. The van der Waals surface area contributed by atoms with Crippen molar-refractivity contribution in [3.63, 3.8) is 0 Å². The number of hydrogen-bond acceptors (Lipinski definition) is 2. The first-order chi connectivity index (χ1) is 8.78. The zero-order valence-corrected chi connectivity index (χ0v) is 10.9. The number of likely N-dealkylation sites (N-methyl/N-ethyl adjacent to an activating group) is 1. The van der Waals surface area contributed by atoms with Gasteiger partial charge >= 0.3 is 0 Å². The van der Waals surface area contributed by atoms with Gasteiger partial charge in [0, 0.05) is 0 Å². The highest BCUT2D eigenvalue weighted by Gasteiger charge is 1.98. The van der Waals surface area contributed by atoms with Crippen molar-refractivity contribution in [3.05, 3.63) is 59.7 Å². The van der Waals surface area contributed by atoms with Crippen molar-refractivity contribution >= 4 is 0 Å². The molecule has 2 aromatic rings. The van der Waals surface area contributed by atoms with Crippen LogP contribution in [0.1, 0.15) is 11.1 Å². The summed E-state index contributed by atoms with van der Waals surface area (Å²) in [7, 11) is 1.97. The van der Waals surface area contributed by atoms with Crippen LogP contribution in [0.15, 0.2) is 48.5 Å². The molecule has 2 nitrogen and oxygen atoms in total. The van der Waals surface area contributed by atoms with Crippen molar-refractivity contribution in [2.24, 2.45) is 0 Å². The largest absolute Gasteiger partial charge is 0.457 e. The fraction of sp³-hybridized carbons (Fsp3) is 0.250. The molecule has 0 atom stereocenters. The van der Waals surface area contributed by atoms with Crippen LogP contribution in [0.5, 0.6) is 11.5 Å². The molecule has 94 valence electrons. The van der Waals surface area contributed by atoms with E-state index in [4.69, 9.17) is 4.74 Å². The van der Waals surface area contributed by atoms with Gasteiger partial charge < -0.3 is 10.1 Å². The van der Waals surface area contributed by atoms with Crippen molar-refractivity contribution < 1.29 is 4.74 Å². The second-order valence-electron chi connectivity index (χ2n) is 4.42. The molecule has 0 fully saturated rings. The van der Waals surface area contributed by atoms with Gasteiger partial charge in [0.1, 0.15) is 11.5 Å². The van der Waals surface area contributed by atoms with Crippen LogP contribution in [-0.2, 0) is 6.42 Å². The SMILES string of the molecule is CNCCc1ccc(Oc2cccc(C)c2)cc1. The van der Waals surface area contributed by atoms with Crippen LogP contribution in [0.4, 0.5) is 0 Å². The summed E-state index contributed by atoms with van der Waals surface area (Å²) in [5.74, 6) is 1.77. The van der Waals surface area contributed by atoms with E-state index < -0.39 is 0 Å². The van der Waals surface area contributed by atoms with Crippen molar-refractivity contribution in [3.8, 4) is 11.5 Å². The summed E-state index contributed by atoms with van der Waals surface area (Å²) in [6.45, 7) is 3.06. The first-order valence-corrected chi connectivity index (χ1v) is 6.26. The molecule has 0 spiro atoms. The maximum Gasteiger partial charge on any atom is 0.127 e. The van der Waals surface area contributed by atoms with E-state index in [0.29, 0.717) is 0 Å². The molecular formula is C16H19NO. The summed E-state index contributed by atoms with van der Waals surface area (Å²) in [5, 5.41) is 3.15. The number of benzene rings is 2. The maximum absolute atomic E-state index is 5.80. The molecule has 0 heterocycles. The minimum Gasteiger partial charge on any atom is -0.457 e. The summed E-state index contributed by atoms with van der Waals surface area (Å²) in [5.41, 5.74) is 2.53. The van der Waals surface area contributed by atoms with Gasteiger partial charge in [-0.05, 0) is 62.3 Å². The van der Waals surface area contributed by atoms with Gasteiger partial charge in [-0.25, -0.2) is 0 Å². The lowest BCUT2D eigenvalue weighted by Crippen LogP contribution is -2.10. The Morgan fingerprint density at radius 1 is 1.00 bits per heavy atom. The molecule has 18 heavy (non-hydrogen) atoms.